The molecule has 3 heteroatoms. The summed E-state index contributed by atoms with van der Waals surface area (Å²) < 4.78 is 4.84. The monoisotopic (exact) mass is 922 g/mol. The van der Waals surface area contributed by atoms with Crippen molar-refractivity contribution in [3.05, 3.63) is 219 Å². The molecule has 0 spiro atoms. The number of allylic oxidation sites excluding steroid dienone is 4. The van der Waals surface area contributed by atoms with Crippen LogP contribution in [-0.2, 0) is 38.5 Å². The molecule has 0 amide bonds. The summed E-state index contributed by atoms with van der Waals surface area (Å²) in [6.07, 6.45) is 9.18. The van der Waals surface area contributed by atoms with Gasteiger partial charge in [-0.1, -0.05) is 0 Å². The molecule has 10 rings (SSSR count). The minimum Gasteiger partial charge on any atom is -0.147 e. The number of benzene rings is 8. The Balaban J connectivity index is 0.00000264. The van der Waals surface area contributed by atoms with E-state index in [-0.39, 0.29) is 35.6 Å². The molecular weight excluding hydrogens is 871 g/mol. The summed E-state index contributed by atoms with van der Waals surface area (Å²) in [5.74, 6) is 0. The van der Waals surface area contributed by atoms with E-state index >= 15 is 0 Å². The number of halogens is 2. The van der Waals surface area contributed by atoms with Crippen LogP contribution in [0.1, 0.15) is 81.3 Å². The Kier molecular flexibility index (Phi) is 12.2. The molecule has 0 N–H and O–H groups in total. The summed E-state index contributed by atoms with van der Waals surface area (Å²) in [5, 5.41) is 5.15. The van der Waals surface area contributed by atoms with Gasteiger partial charge in [0.05, 0.1) is 0 Å². The topological polar surface area (TPSA) is 0 Å². The van der Waals surface area contributed by atoms with E-state index in [9.17, 15) is 0 Å². The van der Waals surface area contributed by atoms with Crippen molar-refractivity contribution in [2.24, 2.45) is 0 Å². The molecule has 0 atom stereocenters. The summed E-state index contributed by atoms with van der Waals surface area (Å²) >= 11 is -3.20. The molecule has 0 radical (unpaired) electrons. The Bertz CT molecular complexity index is 3000. The fraction of sp³-hybridized carbons (Fsp3) is 0.169. The fourth-order valence-corrected chi connectivity index (χ4v) is 18.3. The van der Waals surface area contributed by atoms with E-state index in [4.69, 9.17) is 0 Å². The van der Waals surface area contributed by atoms with Gasteiger partial charge in [0, 0.05) is 0 Å². The van der Waals surface area contributed by atoms with E-state index in [1.165, 1.54) is 82.7 Å². The number of hydrogen-bond acceptors (Lipinski definition) is 0. The minimum atomic E-state index is -3.20. The van der Waals surface area contributed by atoms with Gasteiger partial charge in [-0.2, -0.15) is 0 Å². The molecule has 2 aliphatic rings. The van der Waals surface area contributed by atoms with E-state index in [1.807, 2.05) is 0 Å². The first-order valence-electron chi connectivity index (χ1n) is 21.6. The first kappa shape index (κ1) is 43.7. The molecule has 0 aromatic heterocycles. The van der Waals surface area contributed by atoms with Gasteiger partial charge in [0.15, 0.2) is 0 Å². The van der Waals surface area contributed by atoms with Gasteiger partial charge in [0.1, 0.15) is 0 Å². The molecule has 0 heterocycles. The van der Waals surface area contributed by atoms with Crippen molar-refractivity contribution < 1.29 is 21.3 Å². The third kappa shape index (κ3) is 7.98. The van der Waals surface area contributed by atoms with Crippen LogP contribution in [0.25, 0.3) is 54.9 Å². The van der Waals surface area contributed by atoms with E-state index in [1.54, 1.807) is 15.3 Å². The summed E-state index contributed by atoms with van der Waals surface area (Å²) in [7, 11) is 0. The van der Waals surface area contributed by atoms with Crippen molar-refractivity contribution >= 4 is 52.8 Å². The summed E-state index contributed by atoms with van der Waals surface area (Å²) in [4.78, 5) is 0. The Hall–Kier alpha value is -4.91. The Morgan fingerprint density at radius 1 is 0.484 bits per heavy atom. The molecule has 8 aromatic carbocycles. The maximum absolute atomic E-state index is 3.20. The van der Waals surface area contributed by atoms with Crippen molar-refractivity contribution in [1.82, 2.24) is 0 Å². The fourth-order valence-electron chi connectivity index (χ4n) is 9.85. The van der Waals surface area contributed by atoms with Crippen molar-refractivity contribution in [1.29, 1.82) is 0 Å². The van der Waals surface area contributed by atoms with E-state index in [0.29, 0.717) is 0 Å². The van der Waals surface area contributed by atoms with Crippen LogP contribution < -0.4 is 3.27 Å². The van der Waals surface area contributed by atoms with Gasteiger partial charge in [-0.3, -0.25) is 0 Å². The molecule has 0 aliphatic heterocycles. The second-order valence-corrected chi connectivity index (χ2v) is 24.7. The third-order valence-corrected chi connectivity index (χ3v) is 20.5. The normalized spacial score (nSPS) is 13.0. The third-order valence-electron chi connectivity index (χ3n) is 12.8. The Labute approximate surface area is 388 Å². The van der Waals surface area contributed by atoms with Crippen molar-refractivity contribution in [2.45, 2.75) is 65.2 Å². The van der Waals surface area contributed by atoms with Crippen molar-refractivity contribution in [3.63, 3.8) is 0 Å². The van der Waals surface area contributed by atoms with Crippen LogP contribution in [-0.4, -0.2) is 3.21 Å². The van der Waals surface area contributed by atoms with Crippen molar-refractivity contribution in [3.8, 4) is 33.4 Å². The molecular formula is C59H54Cl2Zr. The van der Waals surface area contributed by atoms with Gasteiger partial charge in [-0.05, 0) is 0 Å². The molecule has 0 nitrogen and oxygen atoms in total. The van der Waals surface area contributed by atoms with E-state index in [2.05, 4.69) is 224 Å². The predicted octanol–water partition coefficient (Wildman–Crippen LogP) is 15.7. The molecule has 0 saturated carbocycles. The van der Waals surface area contributed by atoms with Gasteiger partial charge in [0.25, 0.3) is 0 Å². The van der Waals surface area contributed by atoms with E-state index < -0.39 is 21.3 Å². The van der Waals surface area contributed by atoms with Crippen LogP contribution >= 0.6 is 24.8 Å². The number of rotatable bonds is 6. The van der Waals surface area contributed by atoms with Gasteiger partial charge in [-0.25, -0.2) is 0 Å². The minimum absolute atomic E-state index is 0. The van der Waals surface area contributed by atoms with Gasteiger partial charge in [-0.15, -0.1) is 24.8 Å². The van der Waals surface area contributed by atoms with Crippen LogP contribution in [0.5, 0.6) is 0 Å². The van der Waals surface area contributed by atoms with E-state index in [0.717, 1.165) is 12.8 Å². The molecule has 308 valence electrons. The molecule has 0 unspecified atom stereocenters. The van der Waals surface area contributed by atoms with Crippen LogP contribution in [0.2, 0.25) is 0 Å². The second-order valence-electron chi connectivity index (χ2n) is 18.9. The van der Waals surface area contributed by atoms with Crippen LogP contribution in [0.4, 0.5) is 0 Å². The first-order chi connectivity index (χ1) is 29.0. The SMILES string of the molecule is CC(C)(C)c1cc2c(cc1-c1ccccc1)Cc1c-2cc(C(C)(C)C)c(-c2ccccc2)[c]1[Zr]([C]1=CC=CC1)=[C](c1ccc2ccccc2c1)c1ccc2ccccc2c1.Cl.Cl. The zero-order chi connectivity index (χ0) is 41.2. The van der Waals surface area contributed by atoms with Gasteiger partial charge >= 0.3 is 367 Å². The summed E-state index contributed by atoms with van der Waals surface area (Å²) in [6, 6.07) is 62.6. The average molecular weight is 925 g/mol. The smallest absolute Gasteiger partial charge is 0.147 e. The Morgan fingerprint density at radius 2 is 1.00 bits per heavy atom. The van der Waals surface area contributed by atoms with Crippen molar-refractivity contribution in [2.75, 3.05) is 0 Å². The maximum atomic E-state index is 2.62. The quantitative estimate of drug-likeness (QED) is 0.156. The van der Waals surface area contributed by atoms with Crippen LogP contribution in [0, 0.1) is 0 Å². The molecule has 0 saturated heterocycles. The Morgan fingerprint density at radius 3 is 1.53 bits per heavy atom. The summed E-state index contributed by atoms with van der Waals surface area (Å²) in [6.45, 7) is 14.4. The summed E-state index contributed by atoms with van der Waals surface area (Å²) in [5.41, 5.74) is 16.7. The van der Waals surface area contributed by atoms with Crippen LogP contribution in [0.3, 0.4) is 0 Å². The van der Waals surface area contributed by atoms with Gasteiger partial charge in [0.2, 0.25) is 0 Å². The second kappa shape index (κ2) is 17.3. The molecule has 0 fully saturated rings. The van der Waals surface area contributed by atoms with Gasteiger partial charge < -0.3 is 0 Å². The standard InChI is InChI=1S/C33H33.C21H14.C5H5.2ClH.Zr/c1-32(2,3)30-20-26-24(18-28(30)22-13-9-7-10-14-22)17-25-19-29(23-15-11-8-12-16-23)31(21-27(25)26)33(4,5)6;1-3-7-20-14-16(9-11-18(20)5-1)13-17-10-12-19-6-2-4-8-21(19)15-17;1-2-4-5-3-1;;;/h7-16,18,20-21H,17H2,1-6H3;1-12,14-15H;1-3H,4H2;2*1H;. The number of hydrogen-bond donors (Lipinski definition) is 0. The number of fused-ring (bicyclic) bond motifs is 5. The molecule has 62 heavy (non-hydrogen) atoms. The molecule has 0 bridgehead atoms. The average Bonchev–Trinajstić information content (AvgIpc) is 3.93. The van der Waals surface area contributed by atoms with Crippen LogP contribution in [0.15, 0.2) is 185 Å². The largest absolute Gasteiger partial charge is 0.147 e. The maximum Gasteiger partial charge on any atom is -0.147 e. The zero-order valence-electron chi connectivity index (χ0n) is 36.6. The first-order valence-corrected chi connectivity index (χ1v) is 25.3. The molecule has 8 aromatic rings. The predicted molar refractivity (Wildman–Crippen MR) is 270 cm³/mol. The zero-order valence-corrected chi connectivity index (χ0v) is 40.6. The molecule has 2 aliphatic carbocycles.